The number of aromatic nitrogens is 2. The standard InChI is InChI=1S/C21H24N4/c1-4-25(15-18-11-6-5-7-12-18)21-22-17(3)14-20(24-21)23-19-13-9-8-10-16(19)2/h5-14H,4,15H2,1-3H3,(H,22,23,24). The van der Waals surface area contributed by atoms with Crippen molar-refractivity contribution in [2.45, 2.75) is 27.3 Å². The van der Waals surface area contributed by atoms with Gasteiger partial charge in [-0.15, -0.1) is 0 Å². The van der Waals surface area contributed by atoms with Crippen molar-refractivity contribution in [2.75, 3.05) is 16.8 Å². The minimum atomic E-state index is 0.752. The zero-order valence-corrected chi connectivity index (χ0v) is 15.0. The number of hydrogen-bond acceptors (Lipinski definition) is 4. The van der Waals surface area contributed by atoms with Gasteiger partial charge in [0.2, 0.25) is 5.95 Å². The molecule has 0 saturated carbocycles. The molecule has 0 bridgehead atoms. The van der Waals surface area contributed by atoms with Gasteiger partial charge in [0.1, 0.15) is 5.82 Å². The van der Waals surface area contributed by atoms with E-state index in [1.807, 2.05) is 31.2 Å². The summed E-state index contributed by atoms with van der Waals surface area (Å²) in [5.41, 5.74) is 4.46. The summed E-state index contributed by atoms with van der Waals surface area (Å²) in [7, 11) is 0. The van der Waals surface area contributed by atoms with Crippen molar-refractivity contribution in [3.05, 3.63) is 77.5 Å². The molecule has 128 valence electrons. The first-order valence-corrected chi connectivity index (χ1v) is 8.63. The molecule has 0 aliphatic carbocycles. The van der Waals surface area contributed by atoms with Crippen LogP contribution in [0.1, 0.15) is 23.7 Å². The third-order valence-corrected chi connectivity index (χ3v) is 4.13. The van der Waals surface area contributed by atoms with Gasteiger partial charge in [0.15, 0.2) is 0 Å². The van der Waals surface area contributed by atoms with Gasteiger partial charge < -0.3 is 10.2 Å². The molecule has 1 aromatic heterocycles. The second kappa shape index (κ2) is 7.79. The molecule has 0 saturated heterocycles. The molecule has 3 rings (SSSR count). The molecule has 0 unspecified atom stereocenters. The number of nitrogens with one attached hydrogen (secondary N) is 1. The molecule has 0 aliphatic heterocycles. The zero-order chi connectivity index (χ0) is 17.6. The Morgan fingerprint density at radius 1 is 0.920 bits per heavy atom. The first-order chi connectivity index (χ1) is 12.2. The van der Waals surface area contributed by atoms with E-state index in [4.69, 9.17) is 4.98 Å². The van der Waals surface area contributed by atoms with E-state index >= 15 is 0 Å². The van der Waals surface area contributed by atoms with Gasteiger partial charge in [-0.25, -0.2) is 4.98 Å². The summed E-state index contributed by atoms with van der Waals surface area (Å²) in [6.45, 7) is 7.87. The smallest absolute Gasteiger partial charge is 0.227 e. The van der Waals surface area contributed by atoms with E-state index < -0.39 is 0 Å². The molecule has 1 N–H and O–H groups in total. The summed E-state index contributed by atoms with van der Waals surface area (Å²) < 4.78 is 0. The van der Waals surface area contributed by atoms with Crippen LogP contribution in [-0.4, -0.2) is 16.5 Å². The minimum absolute atomic E-state index is 0.752. The quantitative estimate of drug-likeness (QED) is 0.699. The number of rotatable bonds is 6. The maximum Gasteiger partial charge on any atom is 0.227 e. The molecule has 4 heteroatoms. The maximum absolute atomic E-state index is 4.74. The SMILES string of the molecule is CCN(Cc1ccccc1)c1nc(C)cc(Nc2ccccc2C)n1. The summed E-state index contributed by atoms with van der Waals surface area (Å²) >= 11 is 0. The van der Waals surface area contributed by atoms with Crippen LogP contribution in [0.3, 0.4) is 0 Å². The van der Waals surface area contributed by atoms with Gasteiger partial charge in [-0.3, -0.25) is 0 Å². The average Bonchev–Trinajstić information content (AvgIpc) is 2.62. The summed E-state index contributed by atoms with van der Waals surface area (Å²) in [5.74, 6) is 1.57. The van der Waals surface area contributed by atoms with Crippen molar-refractivity contribution in [1.29, 1.82) is 0 Å². The minimum Gasteiger partial charge on any atom is -0.340 e. The topological polar surface area (TPSA) is 41.1 Å². The lowest BCUT2D eigenvalue weighted by Crippen LogP contribution is -2.24. The Hall–Kier alpha value is -2.88. The lowest BCUT2D eigenvalue weighted by Gasteiger charge is -2.22. The van der Waals surface area contributed by atoms with Crippen LogP contribution in [-0.2, 0) is 6.54 Å². The zero-order valence-electron chi connectivity index (χ0n) is 15.0. The first-order valence-electron chi connectivity index (χ1n) is 8.63. The van der Waals surface area contributed by atoms with Crippen LogP contribution in [0.15, 0.2) is 60.7 Å². The fraction of sp³-hybridized carbons (Fsp3) is 0.238. The third-order valence-electron chi connectivity index (χ3n) is 4.13. The monoisotopic (exact) mass is 332 g/mol. The highest BCUT2D eigenvalue weighted by molar-refractivity contribution is 5.61. The summed E-state index contributed by atoms with van der Waals surface area (Å²) in [4.78, 5) is 11.6. The van der Waals surface area contributed by atoms with Crippen molar-refractivity contribution in [1.82, 2.24) is 9.97 Å². The molecule has 25 heavy (non-hydrogen) atoms. The molecule has 0 aliphatic rings. The van der Waals surface area contributed by atoms with E-state index in [0.29, 0.717) is 0 Å². The molecule has 0 spiro atoms. The number of para-hydroxylation sites is 1. The van der Waals surface area contributed by atoms with Crippen LogP contribution >= 0.6 is 0 Å². The Morgan fingerprint density at radius 3 is 2.36 bits per heavy atom. The normalized spacial score (nSPS) is 10.5. The van der Waals surface area contributed by atoms with Crippen LogP contribution in [0.25, 0.3) is 0 Å². The lowest BCUT2D eigenvalue weighted by atomic mass is 10.2. The predicted molar refractivity (Wildman–Crippen MR) is 104 cm³/mol. The van der Waals surface area contributed by atoms with Gasteiger partial charge in [-0.2, -0.15) is 4.98 Å². The van der Waals surface area contributed by atoms with E-state index in [1.54, 1.807) is 0 Å². The van der Waals surface area contributed by atoms with Gasteiger partial charge in [-0.1, -0.05) is 48.5 Å². The van der Waals surface area contributed by atoms with Crippen LogP contribution in [0.2, 0.25) is 0 Å². The van der Waals surface area contributed by atoms with Gasteiger partial charge >= 0.3 is 0 Å². The van der Waals surface area contributed by atoms with Gasteiger partial charge in [0.05, 0.1) is 0 Å². The highest BCUT2D eigenvalue weighted by atomic mass is 15.3. The van der Waals surface area contributed by atoms with E-state index in [0.717, 1.165) is 36.2 Å². The largest absolute Gasteiger partial charge is 0.340 e. The molecule has 0 fully saturated rings. The van der Waals surface area contributed by atoms with Gasteiger partial charge in [-0.05, 0) is 38.0 Å². The van der Waals surface area contributed by atoms with E-state index in [1.165, 1.54) is 11.1 Å². The molecule has 3 aromatic rings. The molecule has 0 atom stereocenters. The number of nitrogens with zero attached hydrogens (tertiary/aromatic N) is 3. The average molecular weight is 332 g/mol. The highest BCUT2D eigenvalue weighted by Crippen LogP contribution is 2.22. The molecular formula is C21H24N4. The van der Waals surface area contributed by atoms with Gasteiger partial charge in [0.25, 0.3) is 0 Å². The van der Waals surface area contributed by atoms with Gasteiger partial charge in [0, 0.05) is 30.5 Å². The Labute approximate surface area is 149 Å². The van der Waals surface area contributed by atoms with Crippen LogP contribution in [0.5, 0.6) is 0 Å². The summed E-state index contributed by atoms with van der Waals surface area (Å²) in [6, 6.07) is 20.6. The second-order valence-corrected chi connectivity index (χ2v) is 6.13. The second-order valence-electron chi connectivity index (χ2n) is 6.13. The molecule has 2 aromatic carbocycles. The van der Waals surface area contributed by atoms with E-state index in [9.17, 15) is 0 Å². The van der Waals surface area contributed by atoms with Crippen LogP contribution < -0.4 is 10.2 Å². The Bertz CT molecular complexity index is 830. The number of benzene rings is 2. The van der Waals surface area contributed by atoms with Crippen molar-refractivity contribution in [2.24, 2.45) is 0 Å². The van der Waals surface area contributed by atoms with Crippen LogP contribution in [0.4, 0.5) is 17.5 Å². The highest BCUT2D eigenvalue weighted by Gasteiger charge is 2.11. The number of aryl methyl sites for hydroxylation is 2. The fourth-order valence-corrected chi connectivity index (χ4v) is 2.74. The summed E-state index contributed by atoms with van der Waals surface area (Å²) in [6.07, 6.45) is 0. The summed E-state index contributed by atoms with van der Waals surface area (Å²) in [5, 5.41) is 3.42. The maximum atomic E-state index is 4.74. The molecule has 0 radical (unpaired) electrons. The van der Waals surface area contributed by atoms with Crippen molar-refractivity contribution in [3.63, 3.8) is 0 Å². The Balaban J connectivity index is 1.86. The third kappa shape index (κ3) is 4.35. The fourth-order valence-electron chi connectivity index (χ4n) is 2.74. The first kappa shape index (κ1) is 17.0. The molecule has 4 nitrogen and oxygen atoms in total. The van der Waals surface area contributed by atoms with Crippen molar-refractivity contribution >= 4 is 17.5 Å². The molecular weight excluding hydrogens is 308 g/mol. The van der Waals surface area contributed by atoms with Crippen LogP contribution in [0, 0.1) is 13.8 Å². The lowest BCUT2D eigenvalue weighted by molar-refractivity contribution is 0.788. The Kier molecular flexibility index (Phi) is 5.29. The van der Waals surface area contributed by atoms with E-state index in [-0.39, 0.29) is 0 Å². The molecule has 0 amide bonds. The molecule has 1 heterocycles. The van der Waals surface area contributed by atoms with Crippen molar-refractivity contribution in [3.8, 4) is 0 Å². The van der Waals surface area contributed by atoms with Crippen molar-refractivity contribution < 1.29 is 0 Å². The predicted octanol–water partition coefficient (Wildman–Crippen LogP) is 4.86. The Morgan fingerprint density at radius 2 is 1.64 bits per heavy atom. The van der Waals surface area contributed by atoms with E-state index in [2.05, 4.69) is 65.4 Å². The number of hydrogen-bond donors (Lipinski definition) is 1. The number of anilines is 3.